The molecule has 24 heavy (non-hydrogen) atoms. The van der Waals surface area contributed by atoms with Crippen LogP contribution in [0.1, 0.15) is 25.8 Å². The maximum Gasteiger partial charge on any atom is 0.314 e. The molecule has 130 valence electrons. The predicted molar refractivity (Wildman–Crippen MR) is 93.6 cm³/mol. The number of ether oxygens (including phenoxy) is 1. The monoisotopic (exact) mass is 331 g/mol. The first-order valence-electron chi connectivity index (χ1n) is 8.24. The average Bonchev–Trinajstić information content (AvgIpc) is 2.78. The Morgan fingerprint density at radius 2 is 1.88 bits per heavy atom. The van der Waals surface area contributed by atoms with E-state index in [0.717, 1.165) is 17.7 Å². The zero-order chi connectivity index (χ0) is 17.5. The van der Waals surface area contributed by atoms with Gasteiger partial charge in [-0.1, -0.05) is 12.1 Å². The molecule has 0 bridgehead atoms. The molecule has 1 aromatic rings. The summed E-state index contributed by atoms with van der Waals surface area (Å²) in [6.07, 6.45) is 4.19. The Morgan fingerprint density at radius 3 is 2.58 bits per heavy atom. The van der Waals surface area contributed by atoms with Gasteiger partial charge in [0.05, 0.1) is 6.10 Å². The van der Waals surface area contributed by atoms with Crippen molar-refractivity contribution in [3.8, 4) is 5.75 Å². The molecule has 0 unspecified atom stereocenters. The third-order valence-electron chi connectivity index (χ3n) is 3.77. The summed E-state index contributed by atoms with van der Waals surface area (Å²) in [6.45, 7) is 6.15. The fourth-order valence-electron chi connectivity index (χ4n) is 2.59. The van der Waals surface area contributed by atoms with Crippen molar-refractivity contribution in [1.82, 2.24) is 9.80 Å². The molecule has 1 saturated heterocycles. The molecule has 6 heteroatoms. The summed E-state index contributed by atoms with van der Waals surface area (Å²) < 4.78 is 5.65. The normalized spacial score (nSPS) is 15.6. The van der Waals surface area contributed by atoms with E-state index in [2.05, 4.69) is 0 Å². The van der Waals surface area contributed by atoms with Gasteiger partial charge in [-0.25, -0.2) is 4.79 Å². The summed E-state index contributed by atoms with van der Waals surface area (Å²) >= 11 is 0. The van der Waals surface area contributed by atoms with Crippen molar-refractivity contribution in [2.75, 3.05) is 26.2 Å². The minimum Gasteiger partial charge on any atom is -0.491 e. The van der Waals surface area contributed by atoms with Crippen LogP contribution >= 0.6 is 0 Å². The third-order valence-corrected chi connectivity index (χ3v) is 3.77. The number of amides is 3. The van der Waals surface area contributed by atoms with Crippen LogP contribution in [0.2, 0.25) is 0 Å². The van der Waals surface area contributed by atoms with Crippen LogP contribution in [-0.2, 0) is 4.79 Å². The van der Waals surface area contributed by atoms with Gasteiger partial charge in [0.2, 0.25) is 5.91 Å². The van der Waals surface area contributed by atoms with E-state index >= 15 is 0 Å². The summed E-state index contributed by atoms with van der Waals surface area (Å²) in [5, 5.41) is 0. The maximum absolute atomic E-state index is 12.3. The number of hydrogen-bond donors (Lipinski definition) is 1. The summed E-state index contributed by atoms with van der Waals surface area (Å²) in [4.78, 5) is 26.9. The molecule has 0 aromatic heterocycles. The molecule has 2 rings (SSSR count). The zero-order valence-corrected chi connectivity index (χ0v) is 14.3. The maximum atomic E-state index is 12.3. The molecular weight excluding hydrogens is 306 g/mol. The number of carbonyl (C=O) groups is 2. The van der Waals surface area contributed by atoms with E-state index in [4.69, 9.17) is 10.5 Å². The number of carbonyl (C=O) groups excluding carboxylic acids is 2. The lowest BCUT2D eigenvalue weighted by molar-refractivity contribution is -0.125. The van der Waals surface area contributed by atoms with Gasteiger partial charge in [0.1, 0.15) is 5.75 Å². The van der Waals surface area contributed by atoms with Crippen LogP contribution in [0.25, 0.3) is 6.08 Å². The smallest absolute Gasteiger partial charge is 0.314 e. The number of hydrogen-bond acceptors (Lipinski definition) is 3. The molecule has 0 radical (unpaired) electrons. The highest BCUT2D eigenvalue weighted by Crippen LogP contribution is 2.16. The first-order chi connectivity index (χ1) is 11.5. The van der Waals surface area contributed by atoms with Gasteiger partial charge in [0.15, 0.2) is 0 Å². The number of nitrogens with zero attached hydrogens (tertiary/aromatic N) is 2. The minimum atomic E-state index is -0.429. The van der Waals surface area contributed by atoms with Crippen LogP contribution in [0.5, 0.6) is 5.75 Å². The highest BCUT2D eigenvalue weighted by Gasteiger charge is 2.19. The summed E-state index contributed by atoms with van der Waals surface area (Å²) in [7, 11) is 0. The van der Waals surface area contributed by atoms with Crippen LogP contribution in [0, 0.1) is 0 Å². The Hall–Kier alpha value is -2.50. The summed E-state index contributed by atoms with van der Waals surface area (Å²) in [5.41, 5.74) is 6.21. The third kappa shape index (κ3) is 5.30. The second-order valence-electron chi connectivity index (χ2n) is 6.08. The Kier molecular flexibility index (Phi) is 6.23. The second kappa shape index (κ2) is 8.38. The van der Waals surface area contributed by atoms with Crippen LogP contribution < -0.4 is 10.5 Å². The fraction of sp³-hybridized carbons (Fsp3) is 0.444. The molecule has 0 atom stereocenters. The first kappa shape index (κ1) is 17.8. The fourth-order valence-corrected chi connectivity index (χ4v) is 2.59. The van der Waals surface area contributed by atoms with E-state index in [1.54, 1.807) is 22.0 Å². The van der Waals surface area contributed by atoms with Gasteiger partial charge in [-0.15, -0.1) is 0 Å². The van der Waals surface area contributed by atoms with E-state index in [1.165, 1.54) is 0 Å². The van der Waals surface area contributed by atoms with Gasteiger partial charge in [-0.2, -0.15) is 0 Å². The standard InChI is InChI=1S/C18H25N3O3/c1-14(2)24-16-6-3-5-15(13-16)7-8-17(22)20-9-4-10-21(12-11-20)18(19)23/h3,5-8,13-14H,4,9-12H2,1-2H3,(H2,19,23)/b8-7-. The number of benzene rings is 1. The minimum absolute atomic E-state index is 0.0588. The quantitative estimate of drug-likeness (QED) is 0.859. The first-order valence-corrected chi connectivity index (χ1v) is 8.24. The summed E-state index contributed by atoms with van der Waals surface area (Å²) in [6, 6.07) is 7.20. The number of nitrogens with two attached hydrogens (primary N) is 1. The van der Waals surface area contributed by atoms with Gasteiger partial charge in [-0.3, -0.25) is 4.79 Å². The van der Waals surface area contributed by atoms with E-state index in [-0.39, 0.29) is 12.0 Å². The van der Waals surface area contributed by atoms with Crippen LogP contribution in [0.15, 0.2) is 30.3 Å². The van der Waals surface area contributed by atoms with Gasteiger partial charge < -0.3 is 20.3 Å². The van der Waals surface area contributed by atoms with Crippen molar-refractivity contribution in [3.63, 3.8) is 0 Å². The summed E-state index contributed by atoms with van der Waals surface area (Å²) in [5.74, 6) is 0.725. The average molecular weight is 331 g/mol. The van der Waals surface area contributed by atoms with Gasteiger partial charge in [-0.05, 0) is 44.0 Å². The number of primary amides is 1. The van der Waals surface area contributed by atoms with Gasteiger partial charge >= 0.3 is 6.03 Å². The molecule has 0 spiro atoms. The number of rotatable bonds is 4. The Bertz CT molecular complexity index is 613. The van der Waals surface area contributed by atoms with Crippen molar-refractivity contribution in [2.45, 2.75) is 26.4 Å². The highest BCUT2D eigenvalue weighted by atomic mass is 16.5. The van der Waals surface area contributed by atoms with Crippen molar-refractivity contribution in [1.29, 1.82) is 0 Å². The van der Waals surface area contributed by atoms with E-state index in [1.807, 2.05) is 38.1 Å². The molecule has 1 heterocycles. The SMILES string of the molecule is CC(C)Oc1cccc(/C=C\C(=O)N2CCCN(C(N)=O)CC2)c1. The highest BCUT2D eigenvalue weighted by molar-refractivity contribution is 5.91. The topological polar surface area (TPSA) is 75.9 Å². The van der Waals surface area contributed by atoms with Crippen molar-refractivity contribution in [2.24, 2.45) is 5.73 Å². The Balaban J connectivity index is 1.96. The molecule has 0 saturated carbocycles. The lowest BCUT2D eigenvalue weighted by Crippen LogP contribution is -2.39. The van der Waals surface area contributed by atoms with Crippen molar-refractivity contribution in [3.05, 3.63) is 35.9 Å². The van der Waals surface area contributed by atoms with Crippen LogP contribution in [0.3, 0.4) is 0 Å². The van der Waals surface area contributed by atoms with Crippen LogP contribution in [0.4, 0.5) is 4.79 Å². The lowest BCUT2D eigenvalue weighted by Gasteiger charge is -2.19. The predicted octanol–water partition coefficient (Wildman–Crippen LogP) is 2.10. The molecular formula is C18H25N3O3. The van der Waals surface area contributed by atoms with E-state index < -0.39 is 6.03 Å². The molecule has 1 fully saturated rings. The zero-order valence-electron chi connectivity index (χ0n) is 14.3. The molecule has 6 nitrogen and oxygen atoms in total. The van der Waals surface area contributed by atoms with E-state index in [9.17, 15) is 9.59 Å². The van der Waals surface area contributed by atoms with Gasteiger partial charge in [0.25, 0.3) is 0 Å². The lowest BCUT2D eigenvalue weighted by atomic mass is 10.2. The van der Waals surface area contributed by atoms with E-state index in [0.29, 0.717) is 26.2 Å². The Labute approximate surface area is 142 Å². The molecule has 3 amide bonds. The Morgan fingerprint density at radius 1 is 1.17 bits per heavy atom. The van der Waals surface area contributed by atoms with Crippen LogP contribution in [-0.4, -0.2) is 54.0 Å². The number of urea groups is 1. The second-order valence-corrected chi connectivity index (χ2v) is 6.08. The molecule has 1 aromatic carbocycles. The molecule has 1 aliphatic heterocycles. The largest absolute Gasteiger partial charge is 0.491 e. The van der Waals surface area contributed by atoms with Gasteiger partial charge in [0, 0.05) is 32.3 Å². The molecule has 0 aliphatic carbocycles. The van der Waals surface area contributed by atoms with Crippen molar-refractivity contribution < 1.29 is 14.3 Å². The molecule has 2 N–H and O–H groups in total. The van der Waals surface area contributed by atoms with Crippen molar-refractivity contribution >= 4 is 18.0 Å². The molecule has 1 aliphatic rings.